The SMILES string of the molecule is CCc1nn(C)c(CN(C)c2ccccc2C(=N)N)c1Br. The first-order valence-electron chi connectivity index (χ1n) is 6.80. The van der Waals surface area contributed by atoms with Crippen molar-refractivity contribution in [2.24, 2.45) is 12.8 Å². The molecule has 0 fully saturated rings. The summed E-state index contributed by atoms with van der Waals surface area (Å²) in [5, 5.41) is 12.2. The summed E-state index contributed by atoms with van der Waals surface area (Å²) in [5.41, 5.74) is 9.51. The topological polar surface area (TPSA) is 70.9 Å². The van der Waals surface area contributed by atoms with E-state index in [9.17, 15) is 0 Å². The van der Waals surface area contributed by atoms with Crippen LogP contribution < -0.4 is 10.6 Å². The maximum Gasteiger partial charge on any atom is 0.124 e. The van der Waals surface area contributed by atoms with Crippen LogP contribution in [0.2, 0.25) is 0 Å². The Bertz CT molecular complexity index is 662. The molecule has 112 valence electrons. The fraction of sp³-hybridized carbons (Fsp3) is 0.333. The molecule has 0 atom stereocenters. The lowest BCUT2D eigenvalue weighted by Gasteiger charge is -2.22. The van der Waals surface area contributed by atoms with Gasteiger partial charge in [0, 0.05) is 25.3 Å². The highest BCUT2D eigenvalue weighted by atomic mass is 79.9. The number of nitrogens with zero attached hydrogens (tertiary/aromatic N) is 3. The van der Waals surface area contributed by atoms with Crippen molar-refractivity contribution in [3.8, 4) is 0 Å². The molecule has 2 aromatic rings. The molecular weight excluding hydrogens is 330 g/mol. The van der Waals surface area contributed by atoms with Crippen LogP contribution in [-0.2, 0) is 20.0 Å². The normalized spacial score (nSPS) is 10.7. The summed E-state index contributed by atoms with van der Waals surface area (Å²) < 4.78 is 2.95. The van der Waals surface area contributed by atoms with Crippen LogP contribution in [0.15, 0.2) is 28.7 Å². The molecule has 0 bridgehead atoms. The first-order chi connectivity index (χ1) is 9.95. The summed E-state index contributed by atoms with van der Waals surface area (Å²) in [6, 6.07) is 7.68. The summed E-state index contributed by atoms with van der Waals surface area (Å²) in [6.07, 6.45) is 0.891. The molecule has 0 radical (unpaired) electrons. The molecule has 6 heteroatoms. The van der Waals surface area contributed by atoms with Gasteiger partial charge in [-0.1, -0.05) is 19.1 Å². The van der Waals surface area contributed by atoms with Gasteiger partial charge in [0.15, 0.2) is 0 Å². The van der Waals surface area contributed by atoms with E-state index in [1.54, 1.807) is 0 Å². The van der Waals surface area contributed by atoms with Crippen molar-refractivity contribution >= 4 is 27.5 Å². The Hall–Kier alpha value is -1.82. The van der Waals surface area contributed by atoms with Crippen molar-refractivity contribution in [2.75, 3.05) is 11.9 Å². The summed E-state index contributed by atoms with van der Waals surface area (Å²) in [7, 11) is 3.94. The molecule has 2 rings (SSSR count). The van der Waals surface area contributed by atoms with Gasteiger partial charge in [0.05, 0.1) is 22.4 Å². The Labute approximate surface area is 133 Å². The van der Waals surface area contributed by atoms with Gasteiger partial charge in [-0.15, -0.1) is 0 Å². The summed E-state index contributed by atoms with van der Waals surface area (Å²) in [6.45, 7) is 2.78. The second-order valence-corrected chi connectivity index (χ2v) is 5.76. The molecule has 0 saturated heterocycles. The van der Waals surface area contributed by atoms with Gasteiger partial charge in [-0.25, -0.2) is 0 Å². The van der Waals surface area contributed by atoms with Gasteiger partial charge >= 0.3 is 0 Å². The molecule has 1 heterocycles. The number of benzene rings is 1. The molecular formula is C15H20BrN5. The van der Waals surface area contributed by atoms with Gasteiger partial charge in [0.1, 0.15) is 5.84 Å². The quantitative estimate of drug-likeness (QED) is 0.643. The molecule has 5 nitrogen and oxygen atoms in total. The summed E-state index contributed by atoms with van der Waals surface area (Å²) >= 11 is 3.63. The van der Waals surface area contributed by atoms with Crippen molar-refractivity contribution in [3.05, 3.63) is 45.7 Å². The number of amidine groups is 1. The predicted octanol–water partition coefficient (Wildman–Crippen LogP) is 2.67. The second kappa shape index (κ2) is 6.30. The molecule has 3 N–H and O–H groups in total. The lowest BCUT2D eigenvalue weighted by atomic mass is 10.1. The van der Waals surface area contributed by atoms with E-state index in [-0.39, 0.29) is 5.84 Å². The molecule has 0 spiro atoms. The summed E-state index contributed by atoms with van der Waals surface area (Å²) in [4.78, 5) is 2.08. The molecule has 0 amide bonds. The van der Waals surface area contributed by atoms with E-state index >= 15 is 0 Å². The van der Waals surface area contributed by atoms with E-state index < -0.39 is 0 Å². The Balaban J connectivity index is 2.33. The van der Waals surface area contributed by atoms with E-state index in [1.165, 1.54) is 0 Å². The second-order valence-electron chi connectivity index (χ2n) is 4.97. The first-order valence-corrected chi connectivity index (χ1v) is 7.59. The Morgan fingerprint density at radius 3 is 2.67 bits per heavy atom. The van der Waals surface area contributed by atoms with Gasteiger partial charge in [0.2, 0.25) is 0 Å². The number of rotatable bonds is 5. The van der Waals surface area contributed by atoms with E-state index in [2.05, 4.69) is 32.9 Å². The van der Waals surface area contributed by atoms with Crippen LogP contribution >= 0.6 is 15.9 Å². The monoisotopic (exact) mass is 349 g/mol. The fourth-order valence-corrected chi connectivity index (χ4v) is 3.08. The number of para-hydroxylation sites is 1. The molecule has 0 saturated carbocycles. The minimum absolute atomic E-state index is 0.0794. The predicted molar refractivity (Wildman–Crippen MR) is 89.9 cm³/mol. The third-order valence-electron chi connectivity index (χ3n) is 3.50. The van der Waals surface area contributed by atoms with Crippen LogP contribution in [0.3, 0.4) is 0 Å². The number of hydrogen-bond donors (Lipinski definition) is 2. The van der Waals surface area contributed by atoms with Crippen molar-refractivity contribution in [2.45, 2.75) is 19.9 Å². The van der Waals surface area contributed by atoms with Gasteiger partial charge in [-0.05, 0) is 34.5 Å². The fourth-order valence-electron chi connectivity index (χ4n) is 2.34. The zero-order chi connectivity index (χ0) is 15.6. The number of aromatic nitrogens is 2. The van der Waals surface area contributed by atoms with Crippen molar-refractivity contribution in [3.63, 3.8) is 0 Å². The molecule has 1 aromatic carbocycles. The Morgan fingerprint density at radius 1 is 1.43 bits per heavy atom. The lowest BCUT2D eigenvalue weighted by Crippen LogP contribution is -2.23. The number of anilines is 1. The van der Waals surface area contributed by atoms with Crippen molar-refractivity contribution in [1.29, 1.82) is 5.41 Å². The highest BCUT2D eigenvalue weighted by molar-refractivity contribution is 9.10. The van der Waals surface area contributed by atoms with E-state index in [0.29, 0.717) is 6.54 Å². The third-order valence-corrected chi connectivity index (χ3v) is 4.41. The van der Waals surface area contributed by atoms with Gasteiger partial charge in [-0.3, -0.25) is 10.1 Å². The average Bonchev–Trinajstić information content (AvgIpc) is 2.74. The molecule has 0 aliphatic heterocycles. The molecule has 0 aliphatic carbocycles. The third kappa shape index (κ3) is 3.10. The number of aryl methyl sites for hydroxylation is 2. The number of hydrogen-bond acceptors (Lipinski definition) is 3. The van der Waals surface area contributed by atoms with Crippen molar-refractivity contribution < 1.29 is 0 Å². The Kier molecular flexibility index (Phi) is 4.67. The van der Waals surface area contributed by atoms with Crippen molar-refractivity contribution in [1.82, 2.24) is 9.78 Å². The molecule has 0 unspecified atom stereocenters. The van der Waals surface area contributed by atoms with E-state index in [0.717, 1.165) is 33.5 Å². The van der Waals surface area contributed by atoms with E-state index in [4.69, 9.17) is 11.1 Å². The van der Waals surface area contributed by atoms with Gasteiger partial charge < -0.3 is 10.6 Å². The van der Waals surface area contributed by atoms with Gasteiger partial charge in [-0.2, -0.15) is 5.10 Å². The number of nitrogens with two attached hydrogens (primary N) is 1. The van der Waals surface area contributed by atoms with Crippen LogP contribution in [0.5, 0.6) is 0 Å². The largest absolute Gasteiger partial charge is 0.384 e. The van der Waals surface area contributed by atoms with Crippen LogP contribution in [0.4, 0.5) is 5.69 Å². The highest BCUT2D eigenvalue weighted by Crippen LogP contribution is 2.26. The van der Waals surface area contributed by atoms with Crippen LogP contribution in [0.1, 0.15) is 23.9 Å². The molecule has 1 aromatic heterocycles. The molecule has 21 heavy (non-hydrogen) atoms. The van der Waals surface area contributed by atoms with Crippen LogP contribution in [0.25, 0.3) is 0 Å². The van der Waals surface area contributed by atoms with E-state index in [1.807, 2.05) is 43.0 Å². The zero-order valence-electron chi connectivity index (χ0n) is 12.5. The maximum atomic E-state index is 7.69. The van der Waals surface area contributed by atoms with Crippen LogP contribution in [-0.4, -0.2) is 22.7 Å². The maximum absolute atomic E-state index is 7.69. The minimum Gasteiger partial charge on any atom is -0.384 e. The smallest absolute Gasteiger partial charge is 0.124 e. The summed E-state index contributed by atoms with van der Waals surface area (Å²) in [5.74, 6) is 0.0794. The number of nitrogens with one attached hydrogen (secondary N) is 1. The van der Waals surface area contributed by atoms with Crippen LogP contribution in [0, 0.1) is 5.41 Å². The number of halogens is 1. The van der Waals surface area contributed by atoms with Gasteiger partial charge in [0.25, 0.3) is 0 Å². The standard InChI is InChI=1S/C15H20BrN5/c1-4-11-14(16)13(21(3)19-11)9-20(2)12-8-6-5-7-10(12)15(17)18/h5-8H,4,9H2,1-3H3,(H3,17,18). The zero-order valence-corrected chi connectivity index (χ0v) is 14.1. The highest BCUT2D eigenvalue weighted by Gasteiger charge is 2.16. The average molecular weight is 350 g/mol. The molecule has 0 aliphatic rings. The minimum atomic E-state index is 0.0794. The first kappa shape index (κ1) is 15.6. The lowest BCUT2D eigenvalue weighted by molar-refractivity contribution is 0.688. The Morgan fingerprint density at radius 2 is 2.10 bits per heavy atom. The number of nitrogen functional groups attached to an aromatic ring is 1.